The van der Waals surface area contributed by atoms with E-state index in [4.69, 9.17) is 5.26 Å². The first-order valence-corrected chi connectivity index (χ1v) is 8.44. The molecule has 0 atom stereocenters. The Morgan fingerprint density at radius 2 is 2.14 bits per heavy atom. The molecule has 9 heteroatoms. The first-order valence-electron chi connectivity index (χ1n) is 6.20. The Labute approximate surface area is 130 Å². The lowest BCUT2D eigenvalue weighted by atomic mass is 10.3. The van der Waals surface area contributed by atoms with Crippen molar-refractivity contribution in [3.63, 3.8) is 0 Å². The molecule has 2 rings (SSSR count). The highest BCUT2D eigenvalue weighted by atomic mass is 79.9. The van der Waals surface area contributed by atoms with Gasteiger partial charge in [-0.3, -0.25) is 10.1 Å². The van der Waals surface area contributed by atoms with E-state index in [1.165, 1.54) is 16.4 Å². The number of nitro benzene ring substituents is 1. The number of nitro groups is 1. The van der Waals surface area contributed by atoms with E-state index >= 15 is 0 Å². The SMILES string of the molecule is N#CCCN(C1CC1)S(=O)(=O)c1cc(Br)ccc1[N+](=O)[O-]. The number of hydrogen-bond donors (Lipinski definition) is 0. The maximum atomic E-state index is 12.7. The molecule has 1 aliphatic rings. The molecule has 0 unspecified atom stereocenters. The molecule has 0 N–H and O–H groups in total. The summed E-state index contributed by atoms with van der Waals surface area (Å²) >= 11 is 3.13. The van der Waals surface area contributed by atoms with Gasteiger partial charge in [0, 0.05) is 29.5 Å². The lowest BCUT2D eigenvalue weighted by Gasteiger charge is -2.20. The molecule has 0 saturated heterocycles. The van der Waals surface area contributed by atoms with Gasteiger partial charge in [0.05, 0.1) is 11.0 Å². The van der Waals surface area contributed by atoms with Crippen molar-refractivity contribution in [1.29, 1.82) is 5.26 Å². The molecular weight excluding hydrogens is 362 g/mol. The van der Waals surface area contributed by atoms with E-state index in [0.717, 1.165) is 6.07 Å². The zero-order chi connectivity index (χ0) is 15.6. The van der Waals surface area contributed by atoms with Crippen LogP contribution in [-0.4, -0.2) is 30.2 Å². The third kappa shape index (κ3) is 3.40. The second-order valence-electron chi connectivity index (χ2n) is 4.62. The third-order valence-corrected chi connectivity index (χ3v) is 5.58. The first-order chi connectivity index (χ1) is 9.87. The fraction of sp³-hybridized carbons (Fsp3) is 0.417. The Bertz CT molecular complexity index is 710. The summed E-state index contributed by atoms with van der Waals surface area (Å²) in [5.74, 6) is 0. The van der Waals surface area contributed by atoms with Gasteiger partial charge in [0.2, 0.25) is 10.0 Å². The number of hydrogen-bond acceptors (Lipinski definition) is 5. The number of halogens is 1. The van der Waals surface area contributed by atoms with Crippen LogP contribution in [0, 0.1) is 21.4 Å². The molecule has 0 spiro atoms. The minimum absolute atomic E-state index is 0.0488. The number of sulfonamides is 1. The summed E-state index contributed by atoms with van der Waals surface area (Å²) in [6, 6.07) is 5.55. The summed E-state index contributed by atoms with van der Waals surface area (Å²) in [5, 5.41) is 19.7. The van der Waals surface area contributed by atoms with Crippen molar-refractivity contribution in [3.8, 4) is 6.07 Å². The standard InChI is InChI=1S/C12H12BrN3O4S/c13-9-2-5-11(16(17)18)12(8-9)21(19,20)15(7-1-6-14)10-3-4-10/h2,5,8,10H,1,3-4,7H2. The minimum atomic E-state index is -4.00. The summed E-state index contributed by atoms with van der Waals surface area (Å²) in [6.45, 7) is 0.0488. The molecule has 0 amide bonds. The van der Waals surface area contributed by atoms with Gasteiger partial charge in [-0.15, -0.1) is 0 Å². The molecule has 1 saturated carbocycles. The van der Waals surface area contributed by atoms with Gasteiger partial charge in [-0.05, 0) is 25.0 Å². The predicted molar refractivity (Wildman–Crippen MR) is 77.9 cm³/mol. The highest BCUT2D eigenvalue weighted by molar-refractivity contribution is 9.10. The Balaban J connectivity index is 2.49. The van der Waals surface area contributed by atoms with Gasteiger partial charge in [-0.25, -0.2) is 8.42 Å². The summed E-state index contributed by atoms with van der Waals surface area (Å²) in [4.78, 5) is 10.0. The zero-order valence-corrected chi connectivity index (χ0v) is 13.3. The van der Waals surface area contributed by atoms with Crippen LogP contribution in [0.1, 0.15) is 19.3 Å². The van der Waals surface area contributed by atoms with Crippen LogP contribution in [0.15, 0.2) is 27.6 Å². The van der Waals surface area contributed by atoms with Crippen LogP contribution in [0.3, 0.4) is 0 Å². The molecule has 0 bridgehead atoms. The van der Waals surface area contributed by atoms with Crippen LogP contribution in [0.4, 0.5) is 5.69 Å². The average Bonchev–Trinajstić information content (AvgIpc) is 3.23. The molecule has 1 aromatic rings. The van der Waals surface area contributed by atoms with Crippen LogP contribution in [0.2, 0.25) is 0 Å². The number of nitriles is 1. The molecule has 1 aromatic carbocycles. The van der Waals surface area contributed by atoms with Crippen LogP contribution in [-0.2, 0) is 10.0 Å². The highest BCUT2D eigenvalue weighted by Crippen LogP contribution is 2.36. The molecule has 1 fully saturated rings. The maximum absolute atomic E-state index is 12.7. The lowest BCUT2D eigenvalue weighted by Crippen LogP contribution is -2.34. The first kappa shape index (κ1) is 15.9. The van der Waals surface area contributed by atoms with E-state index < -0.39 is 20.6 Å². The van der Waals surface area contributed by atoms with Crippen molar-refractivity contribution in [3.05, 3.63) is 32.8 Å². The van der Waals surface area contributed by atoms with E-state index in [-0.39, 0.29) is 23.9 Å². The summed E-state index contributed by atoms with van der Waals surface area (Å²) in [7, 11) is -4.00. The Kier molecular flexibility index (Phi) is 4.61. The zero-order valence-electron chi connectivity index (χ0n) is 10.9. The normalized spacial score (nSPS) is 14.9. The maximum Gasteiger partial charge on any atom is 0.289 e. The molecule has 7 nitrogen and oxygen atoms in total. The molecule has 0 aromatic heterocycles. The van der Waals surface area contributed by atoms with Crippen molar-refractivity contribution in [1.82, 2.24) is 4.31 Å². The van der Waals surface area contributed by atoms with Crippen molar-refractivity contribution in [2.45, 2.75) is 30.2 Å². The second kappa shape index (κ2) is 6.09. The van der Waals surface area contributed by atoms with Crippen LogP contribution in [0.25, 0.3) is 0 Å². The molecular formula is C12H12BrN3O4S. The van der Waals surface area contributed by atoms with E-state index in [0.29, 0.717) is 17.3 Å². The van der Waals surface area contributed by atoms with Crippen LogP contribution >= 0.6 is 15.9 Å². The summed E-state index contributed by atoms with van der Waals surface area (Å²) in [6.07, 6.45) is 1.48. The van der Waals surface area contributed by atoms with Gasteiger partial charge < -0.3 is 0 Å². The van der Waals surface area contributed by atoms with Crippen molar-refractivity contribution in [2.75, 3.05) is 6.54 Å². The molecule has 0 radical (unpaired) electrons. The fourth-order valence-electron chi connectivity index (χ4n) is 1.99. The topological polar surface area (TPSA) is 104 Å². The van der Waals surface area contributed by atoms with Crippen molar-refractivity contribution in [2.24, 2.45) is 0 Å². The predicted octanol–water partition coefficient (Wildman–Crippen LogP) is 2.42. The summed E-state index contributed by atoms with van der Waals surface area (Å²) in [5.41, 5.74) is -0.458. The van der Waals surface area contributed by atoms with Gasteiger partial charge in [0.1, 0.15) is 0 Å². The van der Waals surface area contributed by atoms with E-state index in [2.05, 4.69) is 15.9 Å². The number of rotatable bonds is 6. The van der Waals surface area contributed by atoms with Gasteiger partial charge >= 0.3 is 0 Å². The highest BCUT2D eigenvalue weighted by Gasteiger charge is 2.40. The minimum Gasteiger partial charge on any atom is -0.258 e. The quantitative estimate of drug-likeness (QED) is 0.562. The Hall–Kier alpha value is -1.50. The lowest BCUT2D eigenvalue weighted by molar-refractivity contribution is -0.387. The van der Waals surface area contributed by atoms with Gasteiger partial charge in [-0.1, -0.05) is 15.9 Å². The Morgan fingerprint density at radius 3 is 2.67 bits per heavy atom. The molecule has 0 heterocycles. The average molecular weight is 374 g/mol. The molecule has 21 heavy (non-hydrogen) atoms. The van der Waals surface area contributed by atoms with Crippen molar-refractivity contribution < 1.29 is 13.3 Å². The van der Waals surface area contributed by atoms with E-state index in [9.17, 15) is 18.5 Å². The fourth-order valence-corrected chi connectivity index (χ4v) is 4.38. The van der Waals surface area contributed by atoms with Gasteiger partial charge in [-0.2, -0.15) is 9.57 Å². The van der Waals surface area contributed by atoms with Gasteiger partial charge in [0.15, 0.2) is 4.90 Å². The van der Waals surface area contributed by atoms with E-state index in [1.54, 1.807) is 0 Å². The second-order valence-corrected chi connectivity index (χ2v) is 7.40. The molecule has 1 aliphatic carbocycles. The van der Waals surface area contributed by atoms with Crippen molar-refractivity contribution >= 4 is 31.6 Å². The number of benzene rings is 1. The Morgan fingerprint density at radius 1 is 1.48 bits per heavy atom. The largest absolute Gasteiger partial charge is 0.289 e. The summed E-state index contributed by atoms with van der Waals surface area (Å²) < 4.78 is 27.0. The van der Waals surface area contributed by atoms with Crippen LogP contribution in [0.5, 0.6) is 0 Å². The van der Waals surface area contributed by atoms with Crippen LogP contribution < -0.4 is 0 Å². The smallest absolute Gasteiger partial charge is 0.258 e. The molecule has 0 aliphatic heterocycles. The molecule has 112 valence electrons. The van der Waals surface area contributed by atoms with Gasteiger partial charge in [0.25, 0.3) is 5.69 Å². The third-order valence-electron chi connectivity index (χ3n) is 3.10. The monoisotopic (exact) mass is 373 g/mol. The number of nitrogens with zero attached hydrogens (tertiary/aromatic N) is 3. The van der Waals surface area contributed by atoms with E-state index in [1.807, 2.05) is 6.07 Å².